The first-order chi connectivity index (χ1) is 11.2. The van der Waals surface area contributed by atoms with Crippen LogP contribution in [0.3, 0.4) is 0 Å². The van der Waals surface area contributed by atoms with E-state index in [9.17, 15) is 0 Å². The van der Waals surface area contributed by atoms with Crippen molar-refractivity contribution in [2.24, 2.45) is 0 Å². The van der Waals surface area contributed by atoms with Crippen LogP contribution in [0.1, 0.15) is 13.8 Å². The molecule has 6 heteroatoms. The number of fused-ring (bicyclic) bond motifs is 3. The van der Waals surface area contributed by atoms with E-state index in [1.807, 2.05) is 18.2 Å². The van der Waals surface area contributed by atoms with Gasteiger partial charge in [0.25, 0.3) is 0 Å². The Bertz CT molecular complexity index is 850. The van der Waals surface area contributed by atoms with Crippen molar-refractivity contribution in [2.75, 3.05) is 25.1 Å². The van der Waals surface area contributed by atoms with Crippen molar-refractivity contribution >= 4 is 27.8 Å². The summed E-state index contributed by atoms with van der Waals surface area (Å²) in [6.07, 6.45) is 2.02. The summed E-state index contributed by atoms with van der Waals surface area (Å²) < 4.78 is 11.1. The molecule has 3 aromatic rings. The molecule has 1 aromatic carbocycles. The van der Waals surface area contributed by atoms with Gasteiger partial charge in [0.2, 0.25) is 0 Å². The molecule has 4 rings (SSSR count). The first-order valence-corrected chi connectivity index (χ1v) is 7.86. The number of methoxy groups -OCH3 is 1. The van der Waals surface area contributed by atoms with Crippen LogP contribution < -0.4 is 9.64 Å². The predicted molar refractivity (Wildman–Crippen MR) is 90.2 cm³/mol. The van der Waals surface area contributed by atoms with Crippen LogP contribution in [-0.2, 0) is 4.74 Å². The smallest absolute Gasteiger partial charge is 0.156 e. The molecule has 1 N–H and O–H groups in total. The third-order valence-corrected chi connectivity index (χ3v) is 4.29. The van der Waals surface area contributed by atoms with E-state index in [4.69, 9.17) is 9.47 Å². The maximum Gasteiger partial charge on any atom is 0.156 e. The van der Waals surface area contributed by atoms with Crippen molar-refractivity contribution in [1.82, 2.24) is 15.0 Å². The molecule has 23 heavy (non-hydrogen) atoms. The molecule has 1 aliphatic heterocycles. The molecule has 0 radical (unpaired) electrons. The number of rotatable bonds is 2. The summed E-state index contributed by atoms with van der Waals surface area (Å²) in [6.45, 7) is 5.85. The first kappa shape index (κ1) is 14.3. The number of nitrogens with one attached hydrogen (secondary N) is 1. The van der Waals surface area contributed by atoms with Gasteiger partial charge in [0, 0.05) is 24.5 Å². The van der Waals surface area contributed by atoms with Gasteiger partial charge in [0.05, 0.1) is 24.8 Å². The summed E-state index contributed by atoms with van der Waals surface area (Å²) >= 11 is 0. The SMILES string of the molecule is COc1ccc2c(c1)[nH]c1c(N3C[C@H](C)O[C@@H](C)C3)ncnc12. The Morgan fingerprint density at radius 3 is 2.74 bits per heavy atom. The van der Waals surface area contributed by atoms with E-state index in [1.165, 1.54) is 0 Å². The minimum absolute atomic E-state index is 0.188. The number of aromatic amines is 1. The molecule has 2 aromatic heterocycles. The van der Waals surface area contributed by atoms with Gasteiger partial charge in [0.1, 0.15) is 23.1 Å². The fourth-order valence-electron chi connectivity index (χ4n) is 3.38. The minimum atomic E-state index is 0.188. The Kier molecular flexibility index (Phi) is 3.34. The maximum absolute atomic E-state index is 5.83. The van der Waals surface area contributed by atoms with Crippen LogP contribution >= 0.6 is 0 Å². The third-order valence-electron chi connectivity index (χ3n) is 4.29. The van der Waals surface area contributed by atoms with E-state index < -0.39 is 0 Å². The zero-order valence-electron chi connectivity index (χ0n) is 13.5. The summed E-state index contributed by atoms with van der Waals surface area (Å²) in [4.78, 5) is 14.7. The van der Waals surface area contributed by atoms with Crippen LogP contribution in [0.4, 0.5) is 5.82 Å². The second kappa shape index (κ2) is 5.38. The van der Waals surface area contributed by atoms with Gasteiger partial charge in [-0.15, -0.1) is 0 Å². The highest BCUT2D eigenvalue weighted by Crippen LogP contribution is 2.32. The molecule has 6 nitrogen and oxygen atoms in total. The Balaban J connectivity index is 1.87. The van der Waals surface area contributed by atoms with E-state index in [2.05, 4.69) is 33.7 Å². The van der Waals surface area contributed by atoms with Crippen molar-refractivity contribution in [3.63, 3.8) is 0 Å². The number of hydrogen-bond acceptors (Lipinski definition) is 5. The van der Waals surface area contributed by atoms with Gasteiger partial charge in [-0.1, -0.05) is 0 Å². The molecule has 2 atom stereocenters. The largest absolute Gasteiger partial charge is 0.497 e. The van der Waals surface area contributed by atoms with Crippen molar-refractivity contribution in [1.29, 1.82) is 0 Å². The van der Waals surface area contributed by atoms with E-state index in [0.717, 1.165) is 46.6 Å². The maximum atomic E-state index is 5.83. The number of aromatic nitrogens is 3. The summed E-state index contributed by atoms with van der Waals surface area (Å²) in [6, 6.07) is 5.98. The number of ether oxygens (including phenoxy) is 2. The monoisotopic (exact) mass is 312 g/mol. The highest BCUT2D eigenvalue weighted by molar-refractivity contribution is 6.08. The average molecular weight is 312 g/mol. The lowest BCUT2D eigenvalue weighted by Gasteiger charge is -2.36. The zero-order valence-corrected chi connectivity index (χ0v) is 13.5. The van der Waals surface area contributed by atoms with Gasteiger partial charge < -0.3 is 19.4 Å². The molecule has 0 amide bonds. The van der Waals surface area contributed by atoms with Gasteiger partial charge in [0.15, 0.2) is 5.82 Å². The van der Waals surface area contributed by atoms with Gasteiger partial charge in [-0.25, -0.2) is 9.97 Å². The summed E-state index contributed by atoms with van der Waals surface area (Å²) in [5.74, 6) is 1.76. The van der Waals surface area contributed by atoms with E-state index in [-0.39, 0.29) is 12.2 Å². The molecule has 120 valence electrons. The molecular weight excluding hydrogens is 292 g/mol. The van der Waals surface area contributed by atoms with Gasteiger partial charge >= 0.3 is 0 Å². The molecule has 1 fully saturated rings. The van der Waals surface area contributed by atoms with Gasteiger partial charge in [-0.3, -0.25) is 0 Å². The van der Waals surface area contributed by atoms with Crippen molar-refractivity contribution in [2.45, 2.75) is 26.1 Å². The fraction of sp³-hybridized carbons (Fsp3) is 0.412. The topological polar surface area (TPSA) is 63.3 Å². The van der Waals surface area contributed by atoms with Crippen LogP contribution in [0.5, 0.6) is 5.75 Å². The Hall–Kier alpha value is -2.34. The zero-order chi connectivity index (χ0) is 16.0. The average Bonchev–Trinajstić information content (AvgIpc) is 2.91. The van der Waals surface area contributed by atoms with Crippen LogP contribution in [-0.4, -0.2) is 47.4 Å². The normalized spacial score (nSPS) is 22.0. The number of hydrogen-bond donors (Lipinski definition) is 1. The highest BCUT2D eigenvalue weighted by Gasteiger charge is 2.25. The van der Waals surface area contributed by atoms with Gasteiger partial charge in [-0.05, 0) is 26.0 Å². The molecule has 1 aliphatic rings. The van der Waals surface area contributed by atoms with Crippen LogP contribution in [0.25, 0.3) is 21.9 Å². The third kappa shape index (κ3) is 2.39. The number of morpholine rings is 1. The van der Waals surface area contributed by atoms with Crippen molar-refractivity contribution in [3.8, 4) is 5.75 Å². The lowest BCUT2D eigenvalue weighted by Crippen LogP contribution is -2.46. The molecule has 0 bridgehead atoms. The summed E-state index contributed by atoms with van der Waals surface area (Å²) in [5.41, 5.74) is 2.92. The Labute approximate surface area is 134 Å². The van der Waals surface area contributed by atoms with E-state index in [1.54, 1.807) is 13.4 Å². The second-order valence-corrected chi connectivity index (χ2v) is 6.12. The number of H-pyrrole nitrogens is 1. The number of nitrogens with zero attached hydrogens (tertiary/aromatic N) is 3. The quantitative estimate of drug-likeness (QED) is 0.788. The molecule has 3 heterocycles. The molecule has 1 saturated heterocycles. The minimum Gasteiger partial charge on any atom is -0.497 e. The molecule has 0 spiro atoms. The number of benzene rings is 1. The lowest BCUT2D eigenvalue weighted by molar-refractivity contribution is -0.00537. The van der Waals surface area contributed by atoms with E-state index in [0.29, 0.717) is 0 Å². The van der Waals surface area contributed by atoms with Crippen molar-refractivity contribution < 1.29 is 9.47 Å². The van der Waals surface area contributed by atoms with Crippen LogP contribution in [0, 0.1) is 0 Å². The number of anilines is 1. The molecular formula is C17H20N4O2. The molecule has 0 unspecified atom stereocenters. The van der Waals surface area contributed by atoms with Gasteiger partial charge in [-0.2, -0.15) is 0 Å². The molecule has 0 aliphatic carbocycles. The van der Waals surface area contributed by atoms with Crippen LogP contribution in [0.2, 0.25) is 0 Å². The fourth-order valence-corrected chi connectivity index (χ4v) is 3.38. The van der Waals surface area contributed by atoms with Crippen LogP contribution in [0.15, 0.2) is 24.5 Å². The standard InChI is InChI=1S/C17H20N4O2/c1-10-7-21(8-11(2)23-10)17-16-15(18-9-19-17)13-5-4-12(22-3)6-14(13)20-16/h4-6,9-11,20H,7-8H2,1-3H3/t10-,11-/m0/s1. The summed E-state index contributed by atoms with van der Waals surface area (Å²) in [5, 5.41) is 1.08. The molecule has 0 saturated carbocycles. The Morgan fingerprint density at radius 1 is 1.22 bits per heavy atom. The predicted octanol–water partition coefficient (Wildman–Crippen LogP) is 2.73. The lowest BCUT2D eigenvalue weighted by atomic mass is 10.2. The summed E-state index contributed by atoms with van der Waals surface area (Å²) in [7, 11) is 1.67. The second-order valence-electron chi connectivity index (χ2n) is 6.12. The van der Waals surface area contributed by atoms with Crippen molar-refractivity contribution in [3.05, 3.63) is 24.5 Å². The van der Waals surface area contributed by atoms with E-state index >= 15 is 0 Å². The Morgan fingerprint density at radius 2 is 2.00 bits per heavy atom. The first-order valence-electron chi connectivity index (χ1n) is 7.86. The highest BCUT2D eigenvalue weighted by atomic mass is 16.5.